The fourth-order valence-electron chi connectivity index (χ4n) is 5.24. The molecular weight excluding hydrogens is 504 g/mol. The summed E-state index contributed by atoms with van der Waals surface area (Å²) in [5.74, 6) is 1.20. The number of fused-ring (bicyclic) bond motifs is 1. The zero-order valence-corrected chi connectivity index (χ0v) is 22.4. The molecule has 0 saturated carbocycles. The SMILES string of the molecule is CCn1c(=O)c2c(nc(C)n2Cc2ccc(-c3ccccc3-c3nn[nH]n3)cc2)n(C(C)c2ccccc2)c1=O. The van der Waals surface area contributed by atoms with Crippen LogP contribution in [0.4, 0.5) is 0 Å². The van der Waals surface area contributed by atoms with Crippen molar-refractivity contribution < 1.29 is 0 Å². The molecule has 0 radical (unpaired) electrons. The summed E-state index contributed by atoms with van der Waals surface area (Å²) in [5.41, 5.74) is 4.99. The number of aromatic nitrogens is 8. The average Bonchev–Trinajstić information content (AvgIpc) is 3.63. The summed E-state index contributed by atoms with van der Waals surface area (Å²) in [5, 5.41) is 14.5. The molecule has 10 nitrogen and oxygen atoms in total. The van der Waals surface area contributed by atoms with Crippen molar-refractivity contribution in [3.05, 3.63) is 117 Å². The van der Waals surface area contributed by atoms with E-state index in [0.29, 0.717) is 29.4 Å². The van der Waals surface area contributed by atoms with E-state index in [1.165, 1.54) is 4.57 Å². The van der Waals surface area contributed by atoms with Gasteiger partial charge in [-0.05, 0) is 48.2 Å². The van der Waals surface area contributed by atoms with Crippen molar-refractivity contribution in [2.24, 2.45) is 0 Å². The lowest BCUT2D eigenvalue weighted by Crippen LogP contribution is -2.41. The Bertz CT molecular complexity index is 1920. The van der Waals surface area contributed by atoms with Crippen LogP contribution in [-0.4, -0.2) is 39.3 Å². The van der Waals surface area contributed by atoms with Gasteiger partial charge in [-0.2, -0.15) is 5.21 Å². The number of tetrazole rings is 1. The van der Waals surface area contributed by atoms with Crippen LogP contribution in [-0.2, 0) is 13.1 Å². The molecule has 0 amide bonds. The van der Waals surface area contributed by atoms with Gasteiger partial charge in [-0.25, -0.2) is 9.78 Å². The summed E-state index contributed by atoms with van der Waals surface area (Å²) < 4.78 is 4.83. The molecule has 40 heavy (non-hydrogen) atoms. The van der Waals surface area contributed by atoms with Gasteiger partial charge in [0.2, 0.25) is 5.82 Å². The molecule has 1 N–H and O–H groups in total. The Kier molecular flexibility index (Phi) is 6.43. The summed E-state index contributed by atoms with van der Waals surface area (Å²) in [7, 11) is 0. The molecule has 0 bridgehead atoms. The van der Waals surface area contributed by atoms with E-state index in [2.05, 4.69) is 20.6 Å². The predicted molar refractivity (Wildman–Crippen MR) is 153 cm³/mol. The minimum Gasteiger partial charge on any atom is -0.318 e. The van der Waals surface area contributed by atoms with E-state index in [9.17, 15) is 9.59 Å². The third-order valence-corrected chi connectivity index (χ3v) is 7.36. The topological polar surface area (TPSA) is 116 Å². The van der Waals surface area contributed by atoms with Gasteiger partial charge in [-0.1, -0.05) is 78.9 Å². The Labute approximate surface area is 229 Å². The van der Waals surface area contributed by atoms with E-state index in [1.807, 2.05) is 104 Å². The zero-order chi connectivity index (χ0) is 27.8. The van der Waals surface area contributed by atoms with Crippen LogP contribution in [0.1, 0.15) is 36.8 Å². The third kappa shape index (κ3) is 4.23. The Morgan fingerprint density at radius 1 is 0.875 bits per heavy atom. The fourth-order valence-corrected chi connectivity index (χ4v) is 5.24. The highest BCUT2D eigenvalue weighted by atomic mass is 16.2. The highest BCUT2D eigenvalue weighted by molar-refractivity contribution is 5.80. The van der Waals surface area contributed by atoms with Crippen molar-refractivity contribution in [3.63, 3.8) is 0 Å². The van der Waals surface area contributed by atoms with E-state index in [4.69, 9.17) is 4.98 Å². The third-order valence-electron chi connectivity index (χ3n) is 7.36. The monoisotopic (exact) mass is 532 g/mol. The van der Waals surface area contributed by atoms with Crippen LogP contribution >= 0.6 is 0 Å². The molecule has 1 atom stereocenters. The number of nitrogens with one attached hydrogen (secondary N) is 1. The summed E-state index contributed by atoms with van der Waals surface area (Å²) in [6.45, 7) is 6.35. The Morgan fingerprint density at radius 3 is 2.25 bits per heavy atom. The molecular formula is C30H28N8O2. The van der Waals surface area contributed by atoms with Crippen LogP contribution in [0.3, 0.4) is 0 Å². The smallest absolute Gasteiger partial charge is 0.318 e. The first kappa shape index (κ1) is 25.2. The predicted octanol–water partition coefficient (Wildman–Crippen LogP) is 4.19. The number of hydrogen-bond acceptors (Lipinski definition) is 6. The summed E-state index contributed by atoms with van der Waals surface area (Å²) in [6, 6.07) is 25.5. The number of aromatic amines is 1. The number of imidazole rings is 1. The van der Waals surface area contributed by atoms with Gasteiger partial charge < -0.3 is 4.57 Å². The lowest BCUT2D eigenvalue weighted by molar-refractivity contribution is 0.555. The highest BCUT2D eigenvalue weighted by Crippen LogP contribution is 2.30. The fraction of sp³-hybridized carbons (Fsp3) is 0.200. The molecule has 0 aliphatic carbocycles. The first-order chi connectivity index (χ1) is 19.5. The molecule has 0 fully saturated rings. The van der Waals surface area contributed by atoms with E-state index in [1.54, 1.807) is 4.57 Å². The molecule has 0 aliphatic rings. The van der Waals surface area contributed by atoms with Gasteiger partial charge in [0.1, 0.15) is 5.82 Å². The lowest BCUT2D eigenvalue weighted by atomic mass is 9.98. The van der Waals surface area contributed by atoms with Crippen LogP contribution in [0, 0.1) is 6.92 Å². The summed E-state index contributed by atoms with van der Waals surface area (Å²) in [4.78, 5) is 31.8. The van der Waals surface area contributed by atoms with E-state index >= 15 is 0 Å². The van der Waals surface area contributed by atoms with Crippen LogP contribution < -0.4 is 11.2 Å². The van der Waals surface area contributed by atoms with Gasteiger partial charge in [0.25, 0.3) is 5.56 Å². The van der Waals surface area contributed by atoms with Crippen LogP contribution in [0.5, 0.6) is 0 Å². The second-order valence-corrected chi connectivity index (χ2v) is 9.68. The number of nitrogens with zero attached hydrogens (tertiary/aromatic N) is 7. The molecule has 10 heteroatoms. The van der Waals surface area contributed by atoms with Crippen LogP contribution in [0.15, 0.2) is 88.5 Å². The van der Waals surface area contributed by atoms with Crippen molar-refractivity contribution in [2.75, 3.05) is 0 Å². The van der Waals surface area contributed by atoms with Crippen LogP contribution in [0.2, 0.25) is 0 Å². The van der Waals surface area contributed by atoms with Gasteiger partial charge in [-0.15, -0.1) is 10.2 Å². The summed E-state index contributed by atoms with van der Waals surface area (Å²) in [6.07, 6.45) is 0. The van der Waals surface area contributed by atoms with E-state index in [-0.39, 0.29) is 23.8 Å². The maximum atomic E-state index is 13.6. The molecule has 200 valence electrons. The van der Waals surface area contributed by atoms with Crippen molar-refractivity contribution in [3.8, 4) is 22.5 Å². The normalized spacial score (nSPS) is 12.2. The second-order valence-electron chi connectivity index (χ2n) is 9.68. The Balaban J connectivity index is 1.42. The molecule has 0 aliphatic heterocycles. The van der Waals surface area contributed by atoms with E-state index in [0.717, 1.165) is 27.8 Å². The van der Waals surface area contributed by atoms with Gasteiger partial charge in [-0.3, -0.25) is 13.9 Å². The molecule has 3 heterocycles. The Morgan fingerprint density at radius 2 is 1.57 bits per heavy atom. The van der Waals surface area contributed by atoms with Crippen molar-refractivity contribution in [1.82, 2.24) is 39.3 Å². The van der Waals surface area contributed by atoms with Gasteiger partial charge in [0, 0.05) is 18.7 Å². The Hall–Kier alpha value is -5.12. The molecule has 1 unspecified atom stereocenters. The standard InChI is InChI=1S/C30H28N8O2/c1-4-36-29(39)26-28(38(30(36)40)19(2)22-10-6-5-7-11-22)31-20(3)37(26)18-21-14-16-23(17-15-21)24-12-8-9-13-25(24)27-32-34-35-33-27/h5-17,19H,4,18H2,1-3H3,(H,32,33,34,35). The quantitative estimate of drug-likeness (QED) is 0.330. The largest absolute Gasteiger partial charge is 0.333 e. The molecule has 3 aromatic carbocycles. The molecule has 0 spiro atoms. The molecule has 3 aromatic heterocycles. The lowest BCUT2D eigenvalue weighted by Gasteiger charge is -2.18. The minimum atomic E-state index is -0.356. The maximum absolute atomic E-state index is 13.6. The first-order valence-electron chi connectivity index (χ1n) is 13.2. The minimum absolute atomic E-state index is 0.272. The van der Waals surface area contributed by atoms with Gasteiger partial charge >= 0.3 is 5.69 Å². The second kappa shape index (κ2) is 10.2. The average molecular weight is 533 g/mol. The van der Waals surface area contributed by atoms with Crippen molar-refractivity contribution >= 4 is 11.2 Å². The van der Waals surface area contributed by atoms with Gasteiger partial charge in [0.15, 0.2) is 11.2 Å². The number of hydrogen-bond donors (Lipinski definition) is 1. The number of rotatable bonds is 7. The molecule has 0 saturated heterocycles. The summed E-state index contributed by atoms with van der Waals surface area (Å²) >= 11 is 0. The van der Waals surface area contributed by atoms with E-state index < -0.39 is 0 Å². The number of benzene rings is 3. The van der Waals surface area contributed by atoms with Crippen molar-refractivity contribution in [1.29, 1.82) is 0 Å². The molecule has 6 rings (SSSR count). The highest BCUT2D eigenvalue weighted by Gasteiger charge is 2.23. The first-order valence-corrected chi connectivity index (χ1v) is 13.2. The zero-order valence-electron chi connectivity index (χ0n) is 22.4. The number of aryl methyl sites for hydroxylation is 1. The van der Waals surface area contributed by atoms with Gasteiger partial charge in [0.05, 0.1) is 6.04 Å². The number of H-pyrrole nitrogens is 1. The maximum Gasteiger partial charge on any atom is 0.333 e. The van der Waals surface area contributed by atoms with Crippen LogP contribution in [0.25, 0.3) is 33.7 Å². The van der Waals surface area contributed by atoms with Crippen molar-refractivity contribution in [2.45, 2.75) is 39.9 Å². The molecule has 6 aromatic rings.